The summed E-state index contributed by atoms with van der Waals surface area (Å²) in [6, 6.07) is 13.6. The lowest BCUT2D eigenvalue weighted by molar-refractivity contribution is -0.137. The van der Waals surface area contributed by atoms with Gasteiger partial charge in [-0.05, 0) is 61.2 Å². The molecule has 1 fully saturated rings. The lowest BCUT2D eigenvalue weighted by atomic mass is 9.97. The summed E-state index contributed by atoms with van der Waals surface area (Å²) in [4.78, 5) is 13.1. The number of para-hydroxylation sites is 1. The molecule has 1 aliphatic heterocycles. The number of carbonyl (C=O) groups excluding carboxylic acids is 1. The molecule has 4 aromatic rings. The number of phenols is 1. The number of benzene rings is 3. The fourth-order valence-corrected chi connectivity index (χ4v) is 6.48. The second-order valence-corrected chi connectivity index (χ2v) is 11.2. The van der Waals surface area contributed by atoms with Gasteiger partial charge in [0.15, 0.2) is 5.78 Å². The number of sulfonamides is 1. The highest BCUT2D eigenvalue weighted by molar-refractivity contribution is 7.89. The summed E-state index contributed by atoms with van der Waals surface area (Å²) >= 11 is 0. The number of aryl methyl sites for hydroxylation is 1. The summed E-state index contributed by atoms with van der Waals surface area (Å²) in [5.41, 5.74) is -0.369. The number of fused-ring (bicyclic) bond motifs is 1. The Bertz CT molecular complexity index is 1630. The Morgan fingerprint density at radius 3 is 2.51 bits per heavy atom. The molecule has 6 nitrogen and oxygen atoms in total. The second-order valence-electron chi connectivity index (χ2n) is 9.39. The van der Waals surface area contributed by atoms with E-state index >= 15 is 0 Å². The highest BCUT2D eigenvalue weighted by Gasteiger charge is 2.40. The zero-order chi connectivity index (χ0) is 27.9. The largest absolute Gasteiger partial charge is 0.507 e. The number of halogens is 4. The zero-order valence-electron chi connectivity index (χ0n) is 20.4. The smallest absolute Gasteiger partial charge is 0.416 e. The summed E-state index contributed by atoms with van der Waals surface area (Å²) in [7, 11) is -4.06. The van der Waals surface area contributed by atoms with Crippen molar-refractivity contribution in [3.63, 3.8) is 0 Å². The molecule has 39 heavy (non-hydrogen) atoms. The first-order chi connectivity index (χ1) is 18.4. The molecule has 1 N–H and O–H groups in total. The predicted octanol–water partition coefficient (Wildman–Crippen LogP) is 6.32. The minimum Gasteiger partial charge on any atom is -0.507 e. The van der Waals surface area contributed by atoms with Gasteiger partial charge in [0.25, 0.3) is 10.0 Å². The zero-order valence-corrected chi connectivity index (χ0v) is 21.2. The second kappa shape index (κ2) is 10.1. The van der Waals surface area contributed by atoms with Crippen molar-refractivity contribution in [2.75, 3.05) is 6.54 Å². The number of carbonyl (C=O) groups is 1. The minimum atomic E-state index is -4.66. The molecular weight excluding hydrogens is 538 g/mol. The molecule has 0 aliphatic carbocycles. The van der Waals surface area contributed by atoms with Crippen molar-refractivity contribution in [3.05, 3.63) is 83.7 Å². The Balaban J connectivity index is 1.32. The fraction of sp³-hybridized carbons (Fsp3) is 0.250. The van der Waals surface area contributed by atoms with Gasteiger partial charge in [0.05, 0.1) is 11.6 Å². The van der Waals surface area contributed by atoms with E-state index in [9.17, 15) is 35.9 Å². The molecule has 0 bridgehead atoms. The van der Waals surface area contributed by atoms with Crippen molar-refractivity contribution in [2.45, 2.75) is 43.0 Å². The van der Waals surface area contributed by atoms with E-state index in [1.54, 1.807) is 24.3 Å². The van der Waals surface area contributed by atoms with Crippen LogP contribution in [0.25, 0.3) is 22.1 Å². The average molecular weight is 562 g/mol. The number of furan rings is 1. The highest BCUT2D eigenvalue weighted by Crippen LogP contribution is 2.38. The van der Waals surface area contributed by atoms with Crippen LogP contribution in [0.4, 0.5) is 17.6 Å². The molecule has 0 radical (unpaired) electrons. The van der Waals surface area contributed by atoms with Gasteiger partial charge in [0.1, 0.15) is 17.1 Å². The maximum absolute atomic E-state index is 14.6. The van der Waals surface area contributed by atoms with Gasteiger partial charge in [-0.15, -0.1) is 0 Å². The molecular formula is C28H23F4NO5S. The lowest BCUT2D eigenvalue weighted by Crippen LogP contribution is -2.40. The Kier molecular flexibility index (Phi) is 6.98. The first-order valence-corrected chi connectivity index (χ1v) is 13.6. The van der Waals surface area contributed by atoms with Crippen LogP contribution in [0, 0.1) is 5.82 Å². The molecule has 204 valence electrons. The summed E-state index contributed by atoms with van der Waals surface area (Å²) in [5.74, 6) is -1.79. The van der Waals surface area contributed by atoms with Crippen LogP contribution in [-0.4, -0.2) is 36.2 Å². The Hall–Kier alpha value is -3.70. The van der Waals surface area contributed by atoms with E-state index in [0.29, 0.717) is 35.4 Å². The molecule has 0 spiro atoms. The van der Waals surface area contributed by atoms with E-state index in [1.165, 1.54) is 18.2 Å². The van der Waals surface area contributed by atoms with Crippen molar-refractivity contribution in [1.29, 1.82) is 0 Å². The van der Waals surface area contributed by atoms with Crippen molar-refractivity contribution in [1.82, 2.24) is 4.31 Å². The molecule has 1 atom stereocenters. The minimum absolute atomic E-state index is 0.0408. The standard InChI is InChI=1S/C28H23F4NO5S/c29-22-11-7-17(14-21(22)20-10-9-19(16-25(20)35)28(30,31)32)8-12-24(34)23-5-3-13-33(23)39(36,37)27-15-18-4-1-2-6-26(18)38-27/h1-2,4,6-7,9-11,14-16,23,35H,3,5,8,12-13H2/t23-/m0/s1. The molecule has 0 saturated carbocycles. The van der Waals surface area contributed by atoms with Gasteiger partial charge >= 0.3 is 6.18 Å². The van der Waals surface area contributed by atoms with Gasteiger partial charge in [-0.25, -0.2) is 12.8 Å². The third kappa shape index (κ3) is 5.28. The van der Waals surface area contributed by atoms with E-state index in [2.05, 4.69) is 0 Å². The maximum atomic E-state index is 14.6. The summed E-state index contributed by atoms with van der Waals surface area (Å²) in [6.45, 7) is 0.170. The van der Waals surface area contributed by atoms with Crippen LogP contribution in [0.1, 0.15) is 30.4 Å². The number of Topliss-reactive ketones (excluding diaryl/α,β-unsaturated/α-hetero) is 1. The molecule has 2 heterocycles. The number of hydrogen-bond donors (Lipinski definition) is 1. The molecule has 5 rings (SSSR count). The number of alkyl halides is 3. The first kappa shape index (κ1) is 26.9. The van der Waals surface area contributed by atoms with E-state index in [-0.39, 0.29) is 41.4 Å². The van der Waals surface area contributed by atoms with E-state index < -0.39 is 39.4 Å². The SMILES string of the molecule is O=C(CCc1ccc(F)c(-c2ccc(C(F)(F)F)cc2O)c1)[C@@H]1CCCN1S(=O)(=O)c1cc2ccccc2o1. The van der Waals surface area contributed by atoms with Gasteiger partial charge in [-0.2, -0.15) is 17.5 Å². The van der Waals surface area contributed by atoms with Crippen molar-refractivity contribution in [2.24, 2.45) is 0 Å². The summed E-state index contributed by atoms with van der Waals surface area (Å²) < 4.78 is 86.6. The van der Waals surface area contributed by atoms with Crippen molar-refractivity contribution in [3.8, 4) is 16.9 Å². The van der Waals surface area contributed by atoms with E-state index in [1.807, 2.05) is 0 Å². The van der Waals surface area contributed by atoms with Gasteiger partial charge in [0.2, 0.25) is 5.09 Å². The van der Waals surface area contributed by atoms with Crippen LogP contribution >= 0.6 is 0 Å². The van der Waals surface area contributed by atoms with Crippen LogP contribution in [0.5, 0.6) is 5.75 Å². The molecule has 3 aromatic carbocycles. The molecule has 0 unspecified atom stereocenters. The van der Waals surface area contributed by atoms with E-state index in [0.717, 1.165) is 22.5 Å². The quantitative estimate of drug-likeness (QED) is 0.267. The first-order valence-electron chi connectivity index (χ1n) is 12.2. The third-order valence-electron chi connectivity index (χ3n) is 6.85. The van der Waals surface area contributed by atoms with Crippen molar-refractivity contribution < 1.29 is 40.3 Å². The Morgan fingerprint density at radius 1 is 1.03 bits per heavy atom. The lowest BCUT2D eigenvalue weighted by Gasteiger charge is -2.22. The normalized spacial score (nSPS) is 16.7. The average Bonchev–Trinajstić information content (AvgIpc) is 3.56. The molecule has 1 saturated heterocycles. The number of aromatic hydroxyl groups is 1. The van der Waals surface area contributed by atoms with Gasteiger partial charge in [-0.3, -0.25) is 4.79 Å². The molecule has 11 heteroatoms. The third-order valence-corrected chi connectivity index (χ3v) is 8.61. The summed E-state index contributed by atoms with van der Waals surface area (Å²) in [5, 5.41) is 10.5. The summed E-state index contributed by atoms with van der Waals surface area (Å²) in [6.07, 6.45) is -3.71. The number of phenolic OH excluding ortho intramolecular Hbond substituents is 1. The topological polar surface area (TPSA) is 87.8 Å². The van der Waals surface area contributed by atoms with Crippen LogP contribution in [0.2, 0.25) is 0 Å². The van der Waals surface area contributed by atoms with Crippen LogP contribution in [0.15, 0.2) is 76.2 Å². The maximum Gasteiger partial charge on any atom is 0.416 e. The fourth-order valence-electron chi connectivity index (χ4n) is 4.85. The van der Waals surface area contributed by atoms with Gasteiger partial charge < -0.3 is 9.52 Å². The number of nitrogens with zero attached hydrogens (tertiary/aromatic N) is 1. The highest BCUT2D eigenvalue weighted by atomic mass is 32.2. The van der Waals surface area contributed by atoms with Crippen molar-refractivity contribution >= 4 is 26.8 Å². The van der Waals surface area contributed by atoms with Crippen LogP contribution in [0.3, 0.4) is 0 Å². The van der Waals surface area contributed by atoms with Crippen LogP contribution in [-0.2, 0) is 27.4 Å². The molecule has 1 aliphatic rings. The van der Waals surface area contributed by atoms with Gasteiger partial charge in [-0.1, -0.05) is 24.3 Å². The number of rotatable bonds is 7. The number of hydrogen-bond acceptors (Lipinski definition) is 5. The molecule has 0 amide bonds. The molecule has 1 aromatic heterocycles. The monoisotopic (exact) mass is 561 g/mol. The van der Waals surface area contributed by atoms with E-state index in [4.69, 9.17) is 4.42 Å². The van der Waals surface area contributed by atoms with Gasteiger partial charge in [0, 0.05) is 35.5 Å². The Labute approximate surface area is 221 Å². The predicted molar refractivity (Wildman–Crippen MR) is 135 cm³/mol. The van der Waals surface area contributed by atoms with Crippen LogP contribution < -0.4 is 0 Å². The number of ketones is 1. The Morgan fingerprint density at radius 2 is 1.79 bits per heavy atom.